The molecule has 0 fully saturated rings. The lowest BCUT2D eigenvalue weighted by Crippen LogP contribution is -2.31. The van der Waals surface area contributed by atoms with Gasteiger partial charge in [-0.05, 0) is 6.07 Å². The van der Waals surface area contributed by atoms with Crippen molar-refractivity contribution in [2.45, 2.75) is 4.90 Å². The second kappa shape index (κ2) is 6.24. The van der Waals surface area contributed by atoms with E-state index in [0.29, 0.717) is 12.2 Å². The Hall–Kier alpha value is -1.02. The summed E-state index contributed by atoms with van der Waals surface area (Å²) in [6.07, 6.45) is 0. The van der Waals surface area contributed by atoms with Crippen LogP contribution in [0.15, 0.2) is 29.2 Å². The van der Waals surface area contributed by atoms with Crippen LogP contribution in [0.1, 0.15) is 5.56 Å². The number of nitrogens with two attached hydrogens (primary N) is 1. The van der Waals surface area contributed by atoms with E-state index < -0.39 is 10.0 Å². The second-order valence-corrected chi connectivity index (χ2v) is 6.13. The molecule has 0 radical (unpaired) electrons. The van der Waals surface area contributed by atoms with Crippen LogP contribution in [0.2, 0.25) is 0 Å². The molecule has 7 heteroatoms. The fourth-order valence-corrected chi connectivity index (χ4v) is 3.00. The molecule has 0 saturated heterocycles. The smallest absolute Gasteiger partial charge is 0.243 e. The standard InChI is InChI=1S/C11H16N2O3S2/c1-13(7-8-16-2)18(14,15)10-6-4-3-5-9(10)11(12)17/h3-6H,7-8H2,1-2H3,(H2,12,17). The number of thiocarbonyl (C=S) groups is 1. The first kappa shape index (κ1) is 15.0. The fourth-order valence-electron chi connectivity index (χ4n) is 1.40. The number of likely N-dealkylation sites (N-methyl/N-ethyl adjacent to an activating group) is 1. The SMILES string of the molecule is COCCN(C)S(=O)(=O)c1ccccc1C(N)=S. The maximum absolute atomic E-state index is 12.3. The van der Waals surface area contributed by atoms with E-state index >= 15 is 0 Å². The van der Waals surface area contributed by atoms with E-state index in [1.54, 1.807) is 18.2 Å². The van der Waals surface area contributed by atoms with Gasteiger partial charge in [0.15, 0.2) is 0 Å². The molecule has 5 nitrogen and oxygen atoms in total. The number of ether oxygens (including phenoxy) is 1. The van der Waals surface area contributed by atoms with Gasteiger partial charge in [-0.3, -0.25) is 0 Å². The third kappa shape index (κ3) is 3.26. The molecular weight excluding hydrogens is 272 g/mol. The van der Waals surface area contributed by atoms with Crippen LogP contribution < -0.4 is 5.73 Å². The average molecular weight is 288 g/mol. The van der Waals surface area contributed by atoms with Gasteiger partial charge in [-0.1, -0.05) is 30.4 Å². The molecule has 0 unspecified atom stereocenters. The van der Waals surface area contributed by atoms with Crippen molar-refractivity contribution in [3.63, 3.8) is 0 Å². The monoisotopic (exact) mass is 288 g/mol. The van der Waals surface area contributed by atoms with Gasteiger partial charge in [-0.15, -0.1) is 0 Å². The Balaban J connectivity index is 3.16. The van der Waals surface area contributed by atoms with Gasteiger partial charge in [0.2, 0.25) is 10.0 Å². The Labute approximate surface area is 113 Å². The minimum atomic E-state index is -3.60. The quantitative estimate of drug-likeness (QED) is 0.776. The van der Waals surface area contributed by atoms with Gasteiger partial charge in [0.25, 0.3) is 0 Å². The Morgan fingerprint density at radius 2 is 2.06 bits per heavy atom. The van der Waals surface area contributed by atoms with Crippen molar-refractivity contribution in [2.75, 3.05) is 27.3 Å². The van der Waals surface area contributed by atoms with Crippen LogP contribution in [-0.2, 0) is 14.8 Å². The maximum atomic E-state index is 12.3. The molecule has 0 aliphatic rings. The van der Waals surface area contributed by atoms with Crippen LogP contribution in [0.4, 0.5) is 0 Å². The Kier molecular flexibility index (Phi) is 5.21. The molecule has 0 aromatic heterocycles. The van der Waals surface area contributed by atoms with Gasteiger partial charge in [0, 0.05) is 26.3 Å². The molecule has 1 rings (SSSR count). The highest BCUT2D eigenvalue weighted by Gasteiger charge is 2.24. The lowest BCUT2D eigenvalue weighted by atomic mass is 10.2. The van der Waals surface area contributed by atoms with E-state index in [9.17, 15) is 8.42 Å². The summed E-state index contributed by atoms with van der Waals surface area (Å²) in [7, 11) is -0.593. The molecule has 0 heterocycles. The molecule has 0 saturated carbocycles. The van der Waals surface area contributed by atoms with Crippen molar-refractivity contribution in [2.24, 2.45) is 5.73 Å². The van der Waals surface area contributed by atoms with Crippen LogP contribution in [-0.4, -0.2) is 45.0 Å². The minimum Gasteiger partial charge on any atom is -0.389 e. The summed E-state index contributed by atoms with van der Waals surface area (Å²) < 4.78 is 30.7. The molecule has 0 aliphatic heterocycles. The molecule has 0 atom stereocenters. The van der Waals surface area contributed by atoms with Crippen LogP contribution in [0.25, 0.3) is 0 Å². The van der Waals surface area contributed by atoms with Crippen LogP contribution in [0.3, 0.4) is 0 Å². The van der Waals surface area contributed by atoms with E-state index in [1.807, 2.05) is 0 Å². The minimum absolute atomic E-state index is 0.0642. The predicted molar refractivity (Wildman–Crippen MR) is 74.0 cm³/mol. The number of sulfonamides is 1. The van der Waals surface area contributed by atoms with Crippen LogP contribution in [0, 0.1) is 0 Å². The zero-order chi connectivity index (χ0) is 13.8. The molecule has 2 N–H and O–H groups in total. The molecule has 18 heavy (non-hydrogen) atoms. The molecule has 0 amide bonds. The van der Waals surface area contributed by atoms with Crippen molar-refractivity contribution in [3.05, 3.63) is 29.8 Å². The van der Waals surface area contributed by atoms with Crippen molar-refractivity contribution in [3.8, 4) is 0 Å². The summed E-state index contributed by atoms with van der Waals surface area (Å²) in [6.45, 7) is 0.593. The number of methoxy groups -OCH3 is 1. The summed E-state index contributed by atoms with van der Waals surface area (Å²) in [6, 6.07) is 6.42. The van der Waals surface area contributed by atoms with Crippen molar-refractivity contribution < 1.29 is 13.2 Å². The molecule has 1 aromatic rings. The lowest BCUT2D eigenvalue weighted by molar-refractivity contribution is 0.185. The third-order valence-electron chi connectivity index (χ3n) is 2.45. The molecule has 1 aromatic carbocycles. The summed E-state index contributed by atoms with van der Waals surface area (Å²) in [5, 5.41) is 0. The van der Waals surface area contributed by atoms with Crippen molar-refractivity contribution in [1.29, 1.82) is 0 Å². The van der Waals surface area contributed by atoms with Gasteiger partial charge in [0.1, 0.15) is 4.99 Å². The third-order valence-corrected chi connectivity index (χ3v) is 4.59. The lowest BCUT2D eigenvalue weighted by Gasteiger charge is -2.18. The van der Waals surface area contributed by atoms with Gasteiger partial charge < -0.3 is 10.5 Å². The highest BCUT2D eigenvalue weighted by atomic mass is 32.2. The van der Waals surface area contributed by atoms with Crippen LogP contribution in [0.5, 0.6) is 0 Å². The van der Waals surface area contributed by atoms with Gasteiger partial charge in [-0.2, -0.15) is 4.31 Å². The number of nitrogens with zero attached hydrogens (tertiary/aromatic N) is 1. The number of hydrogen-bond acceptors (Lipinski definition) is 4. The fraction of sp³-hybridized carbons (Fsp3) is 0.364. The Bertz CT molecular complexity index is 529. The summed E-state index contributed by atoms with van der Waals surface area (Å²) in [5.41, 5.74) is 5.89. The highest BCUT2D eigenvalue weighted by Crippen LogP contribution is 2.19. The van der Waals surface area contributed by atoms with Crippen molar-refractivity contribution >= 4 is 27.2 Å². The number of benzene rings is 1. The molecular formula is C11H16N2O3S2. The van der Waals surface area contributed by atoms with E-state index in [2.05, 4.69) is 0 Å². The molecule has 100 valence electrons. The number of hydrogen-bond donors (Lipinski definition) is 1. The van der Waals surface area contributed by atoms with E-state index in [0.717, 1.165) is 0 Å². The van der Waals surface area contributed by atoms with Crippen LogP contribution >= 0.6 is 12.2 Å². The topological polar surface area (TPSA) is 72.6 Å². The summed E-state index contributed by atoms with van der Waals surface area (Å²) in [5.74, 6) is 0. The highest BCUT2D eigenvalue weighted by molar-refractivity contribution is 7.89. The van der Waals surface area contributed by atoms with E-state index in [-0.39, 0.29) is 16.4 Å². The Morgan fingerprint density at radius 1 is 1.44 bits per heavy atom. The van der Waals surface area contributed by atoms with Gasteiger partial charge in [-0.25, -0.2) is 8.42 Å². The molecule has 0 spiro atoms. The first-order chi connectivity index (χ1) is 8.41. The Morgan fingerprint density at radius 3 is 2.61 bits per heavy atom. The zero-order valence-corrected chi connectivity index (χ0v) is 11.9. The summed E-state index contributed by atoms with van der Waals surface area (Å²) in [4.78, 5) is 0.186. The maximum Gasteiger partial charge on any atom is 0.243 e. The average Bonchev–Trinajstić information content (AvgIpc) is 2.35. The van der Waals surface area contributed by atoms with E-state index in [1.165, 1.54) is 24.5 Å². The van der Waals surface area contributed by atoms with E-state index in [4.69, 9.17) is 22.7 Å². The first-order valence-electron chi connectivity index (χ1n) is 5.25. The summed E-state index contributed by atoms with van der Waals surface area (Å²) >= 11 is 4.86. The first-order valence-corrected chi connectivity index (χ1v) is 7.10. The van der Waals surface area contributed by atoms with Gasteiger partial charge >= 0.3 is 0 Å². The molecule has 0 aliphatic carbocycles. The second-order valence-electron chi connectivity index (χ2n) is 3.68. The molecule has 0 bridgehead atoms. The number of rotatable bonds is 6. The largest absolute Gasteiger partial charge is 0.389 e. The zero-order valence-electron chi connectivity index (χ0n) is 10.3. The normalized spacial score (nSPS) is 11.7. The van der Waals surface area contributed by atoms with Crippen molar-refractivity contribution in [1.82, 2.24) is 4.31 Å². The predicted octanol–water partition coefficient (Wildman–Crippen LogP) is 0.588. The van der Waals surface area contributed by atoms with Gasteiger partial charge in [0.05, 0.1) is 11.5 Å².